The molecule has 0 bridgehead atoms. The largest absolute Gasteiger partial charge is 0.490 e. The molecule has 6 aromatic rings. The SMILES string of the molecule is C[C@@H]1C[C@@H](C)Oc2cccc(P(=O)(c3ccccc3)c3ccccc3)c2-c2c(cccc2P(=O)(c2ccccc2)c2ccccc2)O1. The summed E-state index contributed by atoms with van der Waals surface area (Å²) in [5.41, 5.74) is 1.28. The maximum absolute atomic E-state index is 16.1. The molecular weight excluding hydrogens is 618 g/mol. The first-order valence-electron chi connectivity index (χ1n) is 15.9. The minimum absolute atomic E-state index is 0.195. The van der Waals surface area contributed by atoms with Crippen LogP contribution in [0.1, 0.15) is 20.3 Å². The van der Waals surface area contributed by atoms with Crippen LogP contribution in [0.5, 0.6) is 11.5 Å². The summed E-state index contributed by atoms with van der Waals surface area (Å²) in [6.07, 6.45) is 0.247. The Hall–Kier alpha value is -4.62. The van der Waals surface area contributed by atoms with Gasteiger partial charge in [0.25, 0.3) is 0 Å². The van der Waals surface area contributed by atoms with E-state index in [4.69, 9.17) is 9.47 Å². The Labute approximate surface area is 276 Å². The maximum atomic E-state index is 16.1. The summed E-state index contributed by atoms with van der Waals surface area (Å²) in [6.45, 7) is 4.06. The molecule has 0 radical (unpaired) electrons. The van der Waals surface area contributed by atoms with Gasteiger partial charge in [0.1, 0.15) is 11.5 Å². The summed E-state index contributed by atoms with van der Waals surface area (Å²) in [4.78, 5) is 0. The Balaban J connectivity index is 1.64. The normalized spacial score (nSPS) is 16.3. The Bertz CT molecular complexity index is 1860. The first-order chi connectivity index (χ1) is 22.9. The molecule has 0 aromatic heterocycles. The molecule has 6 heteroatoms. The van der Waals surface area contributed by atoms with E-state index in [1.54, 1.807) is 0 Å². The highest BCUT2D eigenvalue weighted by molar-refractivity contribution is 7.86. The van der Waals surface area contributed by atoms with Gasteiger partial charge in [0.05, 0.1) is 12.2 Å². The van der Waals surface area contributed by atoms with Gasteiger partial charge in [-0.2, -0.15) is 0 Å². The van der Waals surface area contributed by atoms with Gasteiger partial charge < -0.3 is 18.6 Å². The van der Waals surface area contributed by atoms with Crippen LogP contribution in [0.25, 0.3) is 11.1 Å². The van der Waals surface area contributed by atoms with Gasteiger partial charge in [-0.15, -0.1) is 0 Å². The van der Waals surface area contributed by atoms with Crippen LogP contribution in [0.15, 0.2) is 158 Å². The Morgan fingerprint density at radius 3 is 1.02 bits per heavy atom. The highest BCUT2D eigenvalue weighted by atomic mass is 31.2. The van der Waals surface area contributed by atoms with Crippen molar-refractivity contribution in [2.75, 3.05) is 0 Å². The van der Waals surface area contributed by atoms with Gasteiger partial charge in [-0.05, 0) is 38.1 Å². The third-order valence-electron chi connectivity index (χ3n) is 8.74. The van der Waals surface area contributed by atoms with Crippen LogP contribution in [-0.2, 0) is 9.13 Å². The van der Waals surface area contributed by atoms with E-state index < -0.39 is 14.3 Å². The fourth-order valence-electron chi connectivity index (χ4n) is 6.67. The van der Waals surface area contributed by atoms with Gasteiger partial charge in [0.2, 0.25) is 0 Å². The van der Waals surface area contributed by atoms with Crippen LogP contribution in [0.2, 0.25) is 0 Å². The number of ether oxygens (including phenoxy) is 2. The van der Waals surface area contributed by atoms with Crippen molar-refractivity contribution < 1.29 is 18.6 Å². The molecule has 0 amide bonds. The smallest absolute Gasteiger partial charge is 0.171 e. The molecule has 0 saturated heterocycles. The summed E-state index contributed by atoms with van der Waals surface area (Å²) in [7, 11) is -7.03. The lowest BCUT2D eigenvalue weighted by Gasteiger charge is -2.28. The first-order valence-corrected chi connectivity index (χ1v) is 19.4. The molecule has 47 heavy (non-hydrogen) atoms. The van der Waals surface area contributed by atoms with Crippen LogP contribution in [-0.4, -0.2) is 12.2 Å². The molecule has 2 atom stereocenters. The highest BCUT2D eigenvalue weighted by Gasteiger charge is 2.40. The maximum Gasteiger partial charge on any atom is 0.171 e. The van der Waals surface area contributed by atoms with Crippen molar-refractivity contribution in [3.63, 3.8) is 0 Å². The molecule has 0 aliphatic carbocycles. The van der Waals surface area contributed by atoms with Crippen molar-refractivity contribution in [3.05, 3.63) is 158 Å². The summed E-state index contributed by atoms with van der Waals surface area (Å²) in [5, 5.41) is 4.04. The van der Waals surface area contributed by atoms with Gasteiger partial charge in [-0.25, -0.2) is 0 Å². The molecule has 7 rings (SSSR count). The molecule has 234 valence electrons. The van der Waals surface area contributed by atoms with E-state index in [1.807, 2.05) is 172 Å². The summed E-state index contributed by atoms with van der Waals surface area (Å²) < 4.78 is 45.6. The third kappa shape index (κ3) is 5.57. The van der Waals surface area contributed by atoms with Gasteiger partial charge in [0.15, 0.2) is 14.3 Å². The van der Waals surface area contributed by atoms with Crippen LogP contribution in [0, 0.1) is 0 Å². The number of benzene rings is 6. The lowest BCUT2D eigenvalue weighted by Crippen LogP contribution is -2.30. The molecule has 0 unspecified atom stereocenters. The minimum atomic E-state index is -3.52. The monoisotopic (exact) mass is 654 g/mol. The van der Waals surface area contributed by atoms with E-state index in [2.05, 4.69) is 0 Å². The molecule has 0 N–H and O–H groups in total. The molecule has 0 fully saturated rings. The van der Waals surface area contributed by atoms with E-state index in [9.17, 15) is 0 Å². The number of hydrogen-bond acceptors (Lipinski definition) is 4. The van der Waals surface area contributed by atoms with Crippen molar-refractivity contribution in [1.82, 2.24) is 0 Å². The predicted molar refractivity (Wildman–Crippen MR) is 195 cm³/mol. The quantitative estimate of drug-likeness (QED) is 0.174. The van der Waals surface area contributed by atoms with Gasteiger partial charge >= 0.3 is 0 Å². The van der Waals surface area contributed by atoms with Crippen molar-refractivity contribution in [1.29, 1.82) is 0 Å². The average molecular weight is 655 g/mol. The highest BCUT2D eigenvalue weighted by Crippen LogP contribution is 2.53. The third-order valence-corrected chi connectivity index (χ3v) is 14.9. The number of hydrogen-bond donors (Lipinski definition) is 0. The first kappa shape index (κ1) is 31.0. The molecule has 0 saturated carbocycles. The summed E-state index contributed by atoms with van der Waals surface area (Å²) in [5.74, 6) is 1.17. The second-order valence-corrected chi connectivity index (χ2v) is 17.4. The fraction of sp³-hybridized carbons (Fsp3) is 0.122. The lowest BCUT2D eigenvalue weighted by atomic mass is 10.0. The van der Waals surface area contributed by atoms with Crippen molar-refractivity contribution in [3.8, 4) is 22.6 Å². The van der Waals surface area contributed by atoms with E-state index in [-0.39, 0.29) is 12.2 Å². The van der Waals surface area contributed by atoms with E-state index in [0.29, 0.717) is 60.9 Å². The topological polar surface area (TPSA) is 52.6 Å². The van der Waals surface area contributed by atoms with Gasteiger partial charge in [-0.1, -0.05) is 133 Å². The predicted octanol–water partition coefficient (Wildman–Crippen LogP) is 7.57. The Kier molecular flexibility index (Phi) is 8.50. The lowest BCUT2D eigenvalue weighted by molar-refractivity contribution is 0.134. The Morgan fingerprint density at radius 1 is 0.426 bits per heavy atom. The zero-order chi connectivity index (χ0) is 32.4. The van der Waals surface area contributed by atoms with Crippen LogP contribution in [0.3, 0.4) is 0 Å². The Morgan fingerprint density at radius 2 is 0.723 bits per heavy atom. The zero-order valence-corrected chi connectivity index (χ0v) is 28.2. The van der Waals surface area contributed by atoms with Crippen molar-refractivity contribution >= 4 is 46.1 Å². The molecule has 0 spiro atoms. The van der Waals surface area contributed by atoms with E-state index in [1.165, 1.54) is 0 Å². The standard InChI is InChI=1S/C41H36O4P2/c1-30-29-31(2)45-37-26-16-28-39(47(43,34-21-11-5-12-22-34)35-23-13-6-14-24-35)41(37)40-36(44-30)25-15-27-38(40)46(42,32-17-7-3-8-18-32)33-19-9-4-10-20-33/h3-28,30-31H,29H2,1-2H3/t30-,31-/m1/s1. The summed E-state index contributed by atoms with van der Waals surface area (Å²) in [6, 6.07) is 50.1. The van der Waals surface area contributed by atoms with Crippen LogP contribution < -0.4 is 41.3 Å². The minimum Gasteiger partial charge on any atom is -0.490 e. The molecule has 4 nitrogen and oxygen atoms in total. The number of fused-ring (bicyclic) bond motifs is 3. The molecule has 1 aliphatic rings. The zero-order valence-electron chi connectivity index (χ0n) is 26.4. The van der Waals surface area contributed by atoms with Gasteiger partial charge in [0, 0.05) is 49.4 Å². The molecule has 1 heterocycles. The molecule has 6 aromatic carbocycles. The van der Waals surface area contributed by atoms with Crippen molar-refractivity contribution in [2.45, 2.75) is 32.5 Å². The summed E-state index contributed by atoms with van der Waals surface area (Å²) >= 11 is 0. The second kappa shape index (κ2) is 12.9. The second-order valence-electron chi connectivity index (χ2n) is 12.0. The van der Waals surface area contributed by atoms with Crippen LogP contribution >= 0.6 is 14.3 Å². The average Bonchev–Trinajstić information content (AvgIpc) is 3.17. The van der Waals surface area contributed by atoms with E-state index >= 15 is 9.13 Å². The molecular formula is C41H36O4P2. The van der Waals surface area contributed by atoms with Crippen molar-refractivity contribution in [2.24, 2.45) is 0 Å². The fourth-order valence-corrected chi connectivity index (χ4v) is 12.4. The van der Waals surface area contributed by atoms with E-state index in [0.717, 1.165) is 0 Å². The molecule has 1 aliphatic heterocycles. The number of rotatable bonds is 6. The van der Waals surface area contributed by atoms with Gasteiger partial charge in [-0.3, -0.25) is 0 Å². The van der Waals surface area contributed by atoms with Crippen LogP contribution in [0.4, 0.5) is 0 Å².